The number of aryl methyl sites for hydroxylation is 1. The van der Waals surface area contributed by atoms with Crippen molar-refractivity contribution in [2.24, 2.45) is 0 Å². The molecule has 20 heavy (non-hydrogen) atoms. The Morgan fingerprint density at radius 3 is 2.95 bits per heavy atom. The van der Waals surface area contributed by atoms with Gasteiger partial charge in [-0.15, -0.1) is 0 Å². The first-order valence-corrected chi connectivity index (χ1v) is 7.52. The van der Waals surface area contributed by atoms with E-state index in [-0.39, 0.29) is 18.4 Å². The molecule has 0 radical (unpaired) electrons. The van der Waals surface area contributed by atoms with E-state index in [0.717, 1.165) is 22.1 Å². The maximum atomic E-state index is 12.6. The third-order valence-electron chi connectivity index (χ3n) is 3.52. The molecule has 1 N–H and O–H groups in total. The summed E-state index contributed by atoms with van der Waals surface area (Å²) < 4.78 is 0.913. The molecule has 0 aliphatic carbocycles. The maximum absolute atomic E-state index is 12.6. The van der Waals surface area contributed by atoms with Crippen molar-refractivity contribution < 1.29 is 4.79 Å². The topological polar surface area (TPSA) is 56.1 Å². The van der Waals surface area contributed by atoms with E-state index in [1.54, 1.807) is 4.90 Å². The number of hydrogen-bond acceptors (Lipinski definition) is 3. The molecule has 4 nitrogen and oxygen atoms in total. The molecule has 1 aliphatic heterocycles. The van der Waals surface area contributed by atoms with Crippen LogP contribution < -0.4 is 10.2 Å². The molecule has 106 valence electrons. The first-order chi connectivity index (χ1) is 9.52. The summed E-state index contributed by atoms with van der Waals surface area (Å²) in [6, 6.07) is 7.85. The van der Waals surface area contributed by atoms with Crippen LogP contribution >= 0.6 is 15.9 Å². The number of amides is 1. The van der Waals surface area contributed by atoms with Crippen molar-refractivity contribution in [3.8, 4) is 6.07 Å². The number of anilines is 1. The highest BCUT2D eigenvalue weighted by Crippen LogP contribution is 2.29. The molecule has 1 aromatic carbocycles. The fraction of sp³-hybridized carbons (Fsp3) is 0.467. The number of rotatable bonds is 2. The summed E-state index contributed by atoms with van der Waals surface area (Å²) in [5.41, 5.74) is 2.02. The maximum Gasteiger partial charge on any atom is 0.245 e. The number of benzene rings is 1. The molecule has 2 unspecified atom stereocenters. The zero-order valence-corrected chi connectivity index (χ0v) is 13.3. The average molecular weight is 336 g/mol. The van der Waals surface area contributed by atoms with Gasteiger partial charge in [0.1, 0.15) is 6.04 Å². The van der Waals surface area contributed by atoms with Gasteiger partial charge in [-0.3, -0.25) is 4.79 Å². The van der Waals surface area contributed by atoms with Gasteiger partial charge >= 0.3 is 0 Å². The Balaban J connectivity index is 2.33. The lowest BCUT2D eigenvalue weighted by Crippen LogP contribution is -2.45. The molecule has 1 saturated heterocycles. The second kappa shape index (κ2) is 6.38. The number of nitrogens with zero attached hydrogens (tertiary/aromatic N) is 2. The van der Waals surface area contributed by atoms with Gasteiger partial charge in [-0.25, -0.2) is 0 Å². The Bertz CT molecular complexity index is 553. The molecule has 0 aromatic heterocycles. The van der Waals surface area contributed by atoms with E-state index in [9.17, 15) is 4.79 Å². The Morgan fingerprint density at radius 1 is 1.55 bits per heavy atom. The van der Waals surface area contributed by atoms with Crippen LogP contribution in [0.25, 0.3) is 0 Å². The van der Waals surface area contributed by atoms with E-state index in [1.165, 1.54) is 0 Å². The highest BCUT2D eigenvalue weighted by Gasteiger charge is 2.30. The lowest BCUT2D eigenvalue weighted by molar-refractivity contribution is -0.120. The molecule has 0 bridgehead atoms. The normalized spacial score (nSPS) is 23.3. The smallest absolute Gasteiger partial charge is 0.245 e. The highest BCUT2D eigenvalue weighted by molar-refractivity contribution is 9.10. The molecule has 0 spiro atoms. The molecule has 1 aromatic rings. The van der Waals surface area contributed by atoms with Gasteiger partial charge < -0.3 is 10.2 Å². The number of nitriles is 1. The summed E-state index contributed by atoms with van der Waals surface area (Å²) in [7, 11) is 0. The van der Waals surface area contributed by atoms with E-state index < -0.39 is 6.04 Å². The monoisotopic (exact) mass is 335 g/mol. The lowest BCUT2D eigenvalue weighted by Gasteiger charge is -2.24. The van der Waals surface area contributed by atoms with Crippen molar-refractivity contribution in [1.82, 2.24) is 5.32 Å². The molecule has 1 heterocycles. The highest BCUT2D eigenvalue weighted by atomic mass is 79.9. The number of hydrogen-bond donors (Lipinski definition) is 1. The van der Waals surface area contributed by atoms with E-state index in [4.69, 9.17) is 5.26 Å². The average Bonchev–Trinajstić information content (AvgIpc) is 2.52. The number of carbonyl (C=O) groups is 1. The number of halogens is 1. The fourth-order valence-corrected chi connectivity index (χ4v) is 3.13. The van der Waals surface area contributed by atoms with E-state index in [1.807, 2.05) is 32.0 Å². The number of nitrogens with one attached hydrogen (secondary N) is 1. The van der Waals surface area contributed by atoms with Crippen molar-refractivity contribution in [3.63, 3.8) is 0 Å². The molecule has 1 aliphatic rings. The van der Waals surface area contributed by atoms with Gasteiger partial charge in [-0.05, 0) is 53.9 Å². The van der Waals surface area contributed by atoms with Crippen molar-refractivity contribution in [2.75, 3.05) is 11.4 Å². The van der Waals surface area contributed by atoms with Gasteiger partial charge in [-0.2, -0.15) is 5.26 Å². The first-order valence-electron chi connectivity index (χ1n) is 6.73. The molecular weight excluding hydrogens is 318 g/mol. The first kappa shape index (κ1) is 15.0. The van der Waals surface area contributed by atoms with Crippen molar-refractivity contribution >= 4 is 27.5 Å². The van der Waals surface area contributed by atoms with E-state index >= 15 is 0 Å². The zero-order chi connectivity index (χ0) is 14.7. The SMILES string of the molecule is Cc1ccc(N2CCC(C)NC(CC#N)C2=O)c(Br)c1. The van der Waals surface area contributed by atoms with Gasteiger partial charge in [0.05, 0.1) is 18.2 Å². The van der Waals surface area contributed by atoms with Crippen LogP contribution in [0.5, 0.6) is 0 Å². The van der Waals surface area contributed by atoms with Crippen molar-refractivity contribution in [2.45, 2.75) is 38.8 Å². The van der Waals surface area contributed by atoms with Gasteiger partial charge in [0.2, 0.25) is 5.91 Å². The van der Waals surface area contributed by atoms with Crippen LogP contribution in [-0.4, -0.2) is 24.5 Å². The summed E-state index contributed by atoms with van der Waals surface area (Å²) in [5, 5.41) is 12.1. The lowest BCUT2D eigenvalue weighted by atomic mass is 10.1. The summed E-state index contributed by atoms with van der Waals surface area (Å²) in [6.07, 6.45) is 1.07. The van der Waals surface area contributed by atoms with E-state index in [2.05, 4.69) is 27.3 Å². The molecular formula is C15H18BrN3O. The van der Waals surface area contributed by atoms with Gasteiger partial charge in [0.25, 0.3) is 0 Å². The van der Waals surface area contributed by atoms with Crippen LogP contribution in [0.1, 0.15) is 25.3 Å². The Morgan fingerprint density at radius 2 is 2.30 bits per heavy atom. The van der Waals surface area contributed by atoms with Gasteiger partial charge in [-0.1, -0.05) is 6.07 Å². The van der Waals surface area contributed by atoms with Crippen molar-refractivity contribution in [1.29, 1.82) is 5.26 Å². The molecule has 5 heteroatoms. The predicted molar refractivity (Wildman–Crippen MR) is 82.5 cm³/mol. The quantitative estimate of drug-likeness (QED) is 0.904. The molecule has 0 saturated carbocycles. The fourth-order valence-electron chi connectivity index (χ4n) is 2.43. The summed E-state index contributed by atoms with van der Waals surface area (Å²) in [6.45, 7) is 4.73. The minimum atomic E-state index is -0.425. The van der Waals surface area contributed by atoms with Crippen LogP contribution in [-0.2, 0) is 4.79 Å². The summed E-state index contributed by atoms with van der Waals surface area (Å²) >= 11 is 3.53. The minimum Gasteiger partial charge on any atom is -0.310 e. The largest absolute Gasteiger partial charge is 0.310 e. The Kier molecular flexibility index (Phi) is 4.79. The summed E-state index contributed by atoms with van der Waals surface area (Å²) in [4.78, 5) is 14.4. The van der Waals surface area contributed by atoms with E-state index in [0.29, 0.717) is 6.54 Å². The van der Waals surface area contributed by atoms with Crippen LogP contribution in [0.3, 0.4) is 0 Å². The third-order valence-corrected chi connectivity index (χ3v) is 4.16. The molecule has 2 atom stereocenters. The van der Waals surface area contributed by atoms with Gasteiger partial charge in [0, 0.05) is 17.1 Å². The molecule has 1 amide bonds. The van der Waals surface area contributed by atoms with Gasteiger partial charge in [0.15, 0.2) is 0 Å². The summed E-state index contributed by atoms with van der Waals surface area (Å²) in [5.74, 6) is -0.0274. The Hall–Kier alpha value is -1.38. The van der Waals surface area contributed by atoms with Crippen molar-refractivity contribution in [3.05, 3.63) is 28.2 Å². The standard InChI is InChI=1S/C15H18BrN3O/c1-10-3-4-14(12(16)9-10)19-8-6-11(2)18-13(5-7-17)15(19)20/h3-4,9,11,13,18H,5-6,8H2,1-2H3. The predicted octanol–water partition coefficient (Wildman–Crippen LogP) is 2.75. The molecule has 1 fully saturated rings. The second-order valence-corrected chi connectivity index (χ2v) is 6.07. The second-order valence-electron chi connectivity index (χ2n) is 5.22. The van der Waals surface area contributed by atoms with Crippen LogP contribution in [0.2, 0.25) is 0 Å². The molecule has 2 rings (SSSR count). The minimum absolute atomic E-state index is 0.0274. The number of carbonyl (C=O) groups excluding carboxylic acids is 1. The van der Waals surface area contributed by atoms with Crippen LogP contribution in [0.4, 0.5) is 5.69 Å². The Labute approximate surface area is 127 Å². The van der Waals surface area contributed by atoms with Crippen LogP contribution in [0, 0.1) is 18.3 Å². The zero-order valence-electron chi connectivity index (χ0n) is 11.7. The third kappa shape index (κ3) is 3.20. The van der Waals surface area contributed by atoms with Crippen LogP contribution in [0.15, 0.2) is 22.7 Å².